The van der Waals surface area contributed by atoms with E-state index in [9.17, 15) is 13.2 Å². The Hall–Kier alpha value is -4.48. The fraction of sp³-hybridized carbons (Fsp3) is 0.269. The number of pyridine rings is 2. The summed E-state index contributed by atoms with van der Waals surface area (Å²) in [7, 11) is 1.52. The summed E-state index contributed by atoms with van der Waals surface area (Å²) in [6.45, 7) is 4.63. The lowest BCUT2D eigenvalue weighted by molar-refractivity contribution is -0.142. The summed E-state index contributed by atoms with van der Waals surface area (Å²) in [5, 5.41) is 12.6. The highest BCUT2D eigenvalue weighted by Gasteiger charge is 2.31. The second kappa shape index (κ2) is 9.43. The smallest absolute Gasteiger partial charge is 0.408 e. The van der Waals surface area contributed by atoms with Crippen molar-refractivity contribution < 1.29 is 22.6 Å². The van der Waals surface area contributed by atoms with Crippen LogP contribution in [-0.2, 0) is 12.0 Å². The molecule has 0 spiro atoms. The van der Waals surface area contributed by atoms with Gasteiger partial charge in [0.15, 0.2) is 28.8 Å². The van der Waals surface area contributed by atoms with Crippen molar-refractivity contribution in [3.05, 3.63) is 66.7 Å². The minimum absolute atomic E-state index is 0.0526. The zero-order valence-electron chi connectivity index (χ0n) is 21.1. The first-order valence-electron chi connectivity index (χ1n) is 11.7. The zero-order valence-corrected chi connectivity index (χ0v) is 21.1. The van der Waals surface area contributed by atoms with Gasteiger partial charge in [0.2, 0.25) is 5.88 Å². The molecule has 12 heteroatoms. The molecule has 0 aliphatic carbocycles. The molecule has 0 aliphatic heterocycles. The van der Waals surface area contributed by atoms with E-state index in [1.165, 1.54) is 13.3 Å². The molecule has 4 heterocycles. The van der Waals surface area contributed by atoms with Crippen molar-refractivity contribution in [3.8, 4) is 40.2 Å². The topological polar surface area (TPSA) is 92.2 Å². The third-order valence-electron chi connectivity index (χ3n) is 5.61. The lowest BCUT2D eigenvalue weighted by Gasteiger charge is -2.16. The Bertz CT molecular complexity index is 1600. The van der Waals surface area contributed by atoms with Gasteiger partial charge in [-0.1, -0.05) is 32.9 Å². The minimum Gasteiger partial charge on any atom is -0.493 e. The van der Waals surface area contributed by atoms with E-state index < -0.39 is 12.7 Å². The highest BCUT2D eigenvalue weighted by molar-refractivity contribution is 5.63. The molecule has 0 aliphatic rings. The molecule has 5 aromatic rings. The number of methoxy groups -OCH3 is 1. The predicted octanol–water partition coefficient (Wildman–Crippen LogP) is 5.71. The number of aromatic nitrogens is 7. The molecule has 4 aromatic heterocycles. The highest BCUT2D eigenvalue weighted by Crippen LogP contribution is 2.32. The van der Waals surface area contributed by atoms with Crippen LogP contribution in [0.1, 0.15) is 26.6 Å². The Morgan fingerprint density at radius 1 is 0.921 bits per heavy atom. The Kier molecular flexibility index (Phi) is 6.25. The summed E-state index contributed by atoms with van der Waals surface area (Å²) >= 11 is 0. The van der Waals surface area contributed by atoms with Gasteiger partial charge in [0.25, 0.3) is 0 Å². The molecule has 196 valence electrons. The Balaban J connectivity index is 1.57. The second-order valence-corrected chi connectivity index (χ2v) is 9.59. The molecule has 9 nitrogen and oxygen atoms in total. The van der Waals surface area contributed by atoms with Crippen molar-refractivity contribution in [2.75, 3.05) is 7.11 Å². The molecule has 0 unspecified atom stereocenters. The first-order chi connectivity index (χ1) is 18.0. The maximum absolute atomic E-state index is 13.5. The van der Waals surface area contributed by atoms with E-state index in [0.29, 0.717) is 34.1 Å². The van der Waals surface area contributed by atoms with Crippen LogP contribution in [0.5, 0.6) is 17.4 Å². The quantitative estimate of drug-likeness (QED) is 0.281. The number of nitrogens with zero attached hydrogens (tertiary/aromatic N) is 7. The van der Waals surface area contributed by atoms with Crippen LogP contribution in [-0.4, -0.2) is 47.6 Å². The van der Waals surface area contributed by atoms with Crippen LogP contribution in [0.4, 0.5) is 13.2 Å². The van der Waals surface area contributed by atoms with Crippen LogP contribution in [0, 0.1) is 0 Å². The molecule has 38 heavy (non-hydrogen) atoms. The summed E-state index contributed by atoms with van der Waals surface area (Å²) in [6, 6.07) is 13.5. The number of alkyl halides is 3. The molecule has 0 saturated heterocycles. The van der Waals surface area contributed by atoms with Gasteiger partial charge < -0.3 is 9.47 Å². The Labute approximate surface area is 215 Å². The predicted molar refractivity (Wildman–Crippen MR) is 133 cm³/mol. The standard InChI is InChI=1S/C26H24F3N7O2/c1-25(2,3)24-33-32-20-10-9-17(14-35(20)24)23-31-22(34-36(23)15-26(27,28)29)16-11-12-30-21(13-16)38-19-8-6-5-7-18(19)37-4/h5-14H,15H2,1-4H3. The first kappa shape index (κ1) is 25.2. The van der Waals surface area contributed by atoms with E-state index in [4.69, 9.17) is 9.47 Å². The number of halogens is 3. The number of fused-ring (bicyclic) bond motifs is 1. The Morgan fingerprint density at radius 3 is 2.39 bits per heavy atom. The van der Waals surface area contributed by atoms with Gasteiger partial charge in [-0.15, -0.1) is 10.2 Å². The first-order valence-corrected chi connectivity index (χ1v) is 11.7. The average molecular weight is 524 g/mol. The van der Waals surface area contributed by atoms with Crippen LogP contribution in [0.3, 0.4) is 0 Å². The van der Waals surface area contributed by atoms with Gasteiger partial charge in [-0.3, -0.25) is 4.40 Å². The highest BCUT2D eigenvalue weighted by atomic mass is 19.4. The molecule has 0 N–H and O–H groups in total. The molecule has 0 amide bonds. The largest absolute Gasteiger partial charge is 0.493 e. The number of para-hydroxylation sites is 2. The fourth-order valence-corrected chi connectivity index (χ4v) is 3.91. The van der Waals surface area contributed by atoms with E-state index >= 15 is 0 Å². The van der Waals surface area contributed by atoms with Crippen molar-refractivity contribution in [2.24, 2.45) is 0 Å². The fourth-order valence-electron chi connectivity index (χ4n) is 3.91. The molecular weight excluding hydrogens is 499 g/mol. The number of hydrogen-bond acceptors (Lipinski definition) is 7. The number of hydrogen-bond donors (Lipinski definition) is 0. The monoisotopic (exact) mass is 523 g/mol. The van der Waals surface area contributed by atoms with E-state index in [1.54, 1.807) is 59.1 Å². The third-order valence-corrected chi connectivity index (χ3v) is 5.61. The number of ether oxygens (including phenoxy) is 2. The lowest BCUT2D eigenvalue weighted by Crippen LogP contribution is -2.19. The van der Waals surface area contributed by atoms with Crippen molar-refractivity contribution >= 4 is 5.65 Å². The van der Waals surface area contributed by atoms with Gasteiger partial charge >= 0.3 is 6.18 Å². The second-order valence-electron chi connectivity index (χ2n) is 9.59. The molecule has 0 fully saturated rings. The molecule has 0 radical (unpaired) electrons. The summed E-state index contributed by atoms with van der Waals surface area (Å²) in [5.74, 6) is 1.97. The van der Waals surface area contributed by atoms with Crippen LogP contribution < -0.4 is 9.47 Å². The normalized spacial score (nSPS) is 12.2. The Morgan fingerprint density at radius 2 is 1.68 bits per heavy atom. The zero-order chi connectivity index (χ0) is 27.1. The SMILES string of the molecule is COc1ccccc1Oc1cc(-c2nc(-c3ccc4nnc(C(C)(C)C)n4c3)n(CC(F)(F)F)n2)ccn1. The van der Waals surface area contributed by atoms with Gasteiger partial charge in [-0.2, -0.15) is 18.3 Å². The molecule has 0 atom stereocenters. The maximum atomic E-state index is 13.5. The molecule has 5 rings (SSSR count). The van der Waals surface area contributed by atoms with E-state index in [1.807, 2.05) is 20.8 Å². The van der Waals surface area contributed by atoms with Crippen LogP contribution in [0.2, 0.25) is 0 Å². The summed E-state index contributed by atoms with van der Waals surface area (Å²) < 4.78 is 54.2. The van der Waals surface area contributed by atoms with E-state index in [2.05, 4.69) is 25.3 Å². The summed E-state index contributed by atoms with van der Waals surface area (Å²) in [6.07, 6.45) is -1.35. The van der Waals surface area contributed by atoms with Crippen molar-refractivity contribution in [3.63, 3.8) is 0 Å². The number of benzene rings is 1. The van der Waals surface area contributed by atoms with Gasteiger partial charge in [-0.25, -0.2) is 14.6 Å². The van der Waals surface area contributed by atoms with Gasteiger partial charge in [0, 0.05) is 35.0 Å². The summed E-state index contributed by atoms with van der Waals surface area (Å²) in [5.41, 5.74) is 1.11. The molecule has 1 aromatic carbocycles. The van der Waals surface area contributed by atoms with Crippen LogP contribution in [0.25, 0.3) is 28.4 Å². The van der Waals surface area contributed by atoms with Gasteiger partial charge in [0.1, 0.15) is 12.4 Å². The van der Waals surface area contributed by atoms with E-state index in [-0.39, 0.29) is 22.9 Å². The molecular formula is C26H24F3N7O2. The van der Waals surface area contributed by atoms with Crippen LogP contribution >= 0.6 is 0 Å². The third kappa shape index (κ3) is 5.15. The van der Waals surface area contributed by atoms with E-state index in [0.717, 1.165) is 4.68 Å². The molecule has 0 bridgehead atoms. The summed E-state index contributed by atoms with van der Waals surface area (Å²) in [4.78, 5) is 8.70. The van der Waals surface area contributed by atoms with Crippen molar-refractivity contribution in [1.82, 2.24) is 34.3 Å². The molecule has 0 saturated carbocycles. The van der Waals surface area contributed by atoms with Crippen molar-refractivity contribution in [1.29, 1.82) is 0 Å². The minimum atomic E-state index is -4.51. The average Bonchev–Trinajstić information content (AvgIpc) is 3.47. The van der Waals surface area contributed by atoms with Gasteiger partial charge in [0.05, 0.1) is 7.11 Å². The van der Waals surface area contributed by atoms with Gasteiger partial charge in [-0.05, 0) is 30.3 Å². The number of rotatable bonds is 6. The lowest BCUT2D eigenvalue weighted by atomic mass is 9.96. The van der Waals surface area contributed by atoms with Crippen LogP contribution in [0.15, 0.2) is 60.9 Å². The maximum Gasteiger partial charge on any atom is 0.408 e. The van der Waals surface area contributed by atoms with Crippen molar-refractivity contribution in [2.45, 2.75) is 38.9 Å².